The van der Waals surface area contributed by atoms with Gasteiger partial charge in [0.25, 0.3) is 0 Å². The van der Waals surface area contributed by atoms with Crippen LogP contribution in [0.1, 0.15) is 45.5 Å². The minimum atomic E-state index is -2.21. The highest BCUT2D eigenvalue weighted by Crippen LogP contribution is 2.37. The third-order valence-electron chi connectivity index (χ3n) is 8.19. The molecule has 4 aromatic carbocycles. The first-order chi connectivity index (χ1) is 22.6. The molecule has 0 saturated carbocycles. The van der Waals surface area contributed by atoms with E-state index in [0.717, 1.165) is 80.0 Å². The molecule has 0 saturated heterocycles. The number of fused-ring (bicyclic) bond motifs is 3. The van der Waals surface area contributed by atoms with E-state index in [1.54, 1.807) is 18.3 Å². The molecule has 5 heteroatoms. The second-order valence-electron chi connectivity index (χ2n) is 11.4. The predicted molar refractivity (Wildman–Crippen MR) is 181 cm³/mol. The number of benzene rings is 4. The van der Waals surface area contributed by atoms with Crippen molar-refractivity contribution in [2.24, 2.45) is 0 Å². The van der Waals surface area contributed by atoms with Crippen LogP contribution in [0.3, 0.4) is 0 Å². The van der Waals surface area contributed by atoms with Crippen LogP contribution in [-0.2, 0) is 6.42 Å². The van der Waals surface area contributed by atoms with Crippen LogP contribution in [0.15, 0.2) is 103 Å². The van der Waals surface area contributed by atoms with Crippen molar-refractivity contribution in [3.8, 4) is 34.1 Å². The van der Waals surface area contributed by atoms with Gasteiger partial charge in [-0.2, -0.15) is 5.10 Å². The molecule has 0 radical (unpaired) electrons. The van der Waals surface area contributed by atoms with Crippen LogP contribution in [0.2, 0.25) is 0 Å². The van der Waals surface area contributed by atoms with Gasteiger partial charge in [-0.15, -0.1) is 0 Å². The van der Waals surface area contributed by atoms with Gasteiger partial charge >= 0.3 is 0 Å². The van der Waals surface area contributed by atoms with Crippen molar-refractivity contribution in [3.63, 3.8) is 0 Å². The van der Waals surface area contributed by atoms with E-state index in [1.807, 2.05) is 60.1 Å². The zero-order chi connectivity index (χ0) is 32.9. The number of hydrogen-bond donors (Lipinski definition) is 0. The molecule has 3 heterocycles. The topological polar surface area (TPSA) is 44.9 Å². The number of rotatable bonds is 7. The van der Waals surface area contributed by atoms with Crippen LogP contribution in [0.25, 0.3) is 44.4 Å². The molecule has 0 fully saturated rings. The summed E-state index contributed by atoms with van der Waals surface area (Å²) in [6.45, 7) is 6.17. The smallest absolute Gasteiger partial charge is 0.137 e. The number of pyridine rings is 1. The van der Waals surface area contributed by atoms with Crippen LogP contribution in [0, 0.1) is 27.6 Å². The van der Waals surface area contributed by atoms with Gasteiger partial charge in [0, 0.05) is 44.5 Å². The highest BCUT2D eigenvalue weighted by Gasteiger charge is 2.17. The van der Waals surface area contributed by atoms with Crippen molar-refractivity contribution in [2.45, 2.75) is 47.4 Å². The molecule has 218 valence electrons. The normalized spacial score (nSPS) is 12.8. The Morgan fingerprint density at radius 1 is 0.773 bits per heavy atom. The van der Waals surface area contributed by atoms with Crippen LogP contribution in [0.4, 0.5) is 0 Å². The average Bonchev–Trinajstić information content (AvgIpc) is 3.53. The lowest BCUT2D eigenvalue weighted by molar-refractivity contribution is 0.482. The number of nitrogens with zero attached hydrogens (tertiary/aromatic N) is 4. The zero-order valence-electron chi connectivity index (χ0n) is 28.4. The summed E-state index contributed by atoms with van der Waals surface area (Å²) in [6.07, 6.45) is 3.71. The molecule has 0 amide bonds. The number of hydrogen-bond acceptors (Lipinski definition) is 3. The third kappa shape index (κ3) is 4.94. The lowest BCUT2D eigenvalue weighted by atomic mass is 10.0. The van der Waals surface area contributed by atoms with Crippen molar-refractivity contribution in [1.82, 2.24) is 19.3 Å². The lowest BCUT2D eigenvalue weighted by Gasteiger charge is -2.13. The van der Waals surface area contributed by atoms with Gasteiger partial charge in [0.2, 0.25) is 0 Å². The molecule has 0 aliphatic carbocycles. The fraction of sp³-hybridized carbons (Fsp3) is 0.179. The SMILES string of the molecule is [2H]C([2H])([2H])c1ccc2c(c1)c1ccc(Oc3cc(CCC)cc(-n4nc(C)c(-c5ccccc5)c4C)c3)cc1n2-c1cc(C)ccn1. The molecular weight excluding hydrogens is 540 g/mol. The van der Waals surface area contributed by atoms with Gasteiger partial charge in [0.15, 0.2) is 0 Å². The molecule has 7 rings (SSSR count). The lowest BCUT2D eigenvalue weighted by Crippen LogP contribution is -2.01. The van der Waals surface area contributed by atoms with E-state index in [2.05, 4.69) is 66.7 Å². The summed E-state index contributed by atoms with van der Waals surface area (Å²) in [7, 11) is 0. The number of aryl methyl sites for hydroxylation is 4. The molecule has 44 heavy (non-hydrogen) atoms. The molecule has 5 nitrogen and oxygen atoms in total. The van der Waals surface area contributed by atoms with Gasteiger partial charge in [-0.3, -0.25) is 4.57 Å². The summed E-state index contributed by atoms with van der Waals surface area (Å²) in [5.74, 6) is 2.15. The Balaban J connectivity index is 1.35. The predicted octanol–water partition coefficient (Wildman–Crippen LogP) is 10.0. The molecule has 0 atom stereocenters. The number of ether oxygens (including phenoxy) is 1. The second kappa shape index (κ2) is 11.2. The summed E-state index contributed by atoms with van der Waals surface area (Å²) in [4.78, 5) is 4.68. The third-order valence-corrected chi connectivity index (χ3v) is 8.19. The largest absolute Gasteiger partial charge is 0.457 e. The van der Waals surface area contributed by atoms with E-state index in [9.17, 15) is 0 Å². The molecule has 0 aliphatic rings. The van der Waals surface area contributed by atoms with Gasteiger partial charge in [0.05, 0.1) is 22.4 Å². The maximum absolute atomic E-state index is 8.00. The van der Waals surface area contributed by atoms with Crippen LogP contribution in [0.5, 0.6) is 11.5 Å². The van der Waals surface area contributed by atoms with Crippen LogP contribution < -0.4 is 4.74 Å². The Morgan fingerprint density at radius 2 is 1.64 bits per heavy atom. The summed E-state index contributed by atoms with van der Waals surface area (Å²) in [5.41, 5.74) is 9.60. The van der Waals surface area contributed by atoms with E-state index in [0.29, 0.717) is 11.3 Å². The average molecular weight is 580 g/mol. The first-order valence-corrected chi connectivity index (χ1v) is 15.1. The van der Waals surface area contributed by atoms with Crippen LogP contribution >= 0.6 is 0 Å². The quantitative estimate of drug-likeness (QED) is 0.189. The minimum absolute atomic E-state index is 0.307. The van der Waals surface area contributed by atoms with Crippen molar-refractivity contribution >= 4 is 21.8 Å². The van der Waals surface area contributed by atoms with E-state index in [-0.39, 0.29) is 0 Å². The summed E-state index contributed by atoms with van der Waals surface area (Å²) >= 11 is 0. The molecule has 0 unspecified atom stereocenters. The molecule has 0 spiro atoms. The molecule has 0 aliphatic heterocycles. The minimum Gasteiger partial charge on any atom is -0.457 e. The maximum Gasteiger partial charge on any atom is 0.137 e. The zero-order valence-corrected chi connectivity index (χ0v) is 25.4. The summed E-state index contributed by atoms with van der Waals surface area (Å²) in [5, 5.41) is 6.74. The summed E-state index contributed by atoms with van der Waals surface area (Å²) < 4.78 is 34.7. The molecule has 0 bridgehead atoms. The highest BCUT2D eigenvalue weighted by atomic mass is 16.5. The van der Waals surface area contributed by atoms with Crippen molar-refractivity contribution in [1.29, 1.82) is 0 Å². The Labute approximate surface area is 262 Å². The number of aromatic nitrogens is 4. The van der Waals surface area contributed by atoms with E-state index < -0.39 is 6.85 Å². The first-order valence-electron chi connectivity index (χ1n) is 16.6. The van der Waals surface area contributed by atoms with Gasteiger partial charge in [-0.25, -0.2) is 9.67 Å². The molecular formula is C39H36N4O. The standard InChI is InChI=1S/C39H36N4O/c1-6-10-29-21-31(43-28(5)39(27(4)41-43)30-11-8-7-9-12-30)23-33(22-29)44-32-14-15-34-35-19-25(2)13-16-36(35)42(37(34)24-32)38-20-26(3)17-18-40-38/h7-9,11-24H,6,10H2,1-5H3/i2D3. The Bertz CT molecular complexity index is 2260. The fourth-order valence-corrected chi connectivity index (χ4v) is 6.26. The Hall–Kier alpha value is -5.16. The van der Waals surface area contributed by atoms with Crippen molar-refractivity contribution in [2.75, 3.05) is 0 Å². The molecule has 7 aromatic rings. The maximum atomic E-state index is 8.00. The van der Waals surface area contributed by atoms with Gasteiger partial charge < -0.3 is 4.74 Å². The van der Waals surface area contributed by atoms with Crippen molar-refractivity contribution < 1.29 is 8.85 Å². The monoisotopic (exact) mass is 579 g/mol. The van der Waals surface area contributed by atoms with Gasteiger partial charge in [-0.05, 0) is 99.3 Å². The van der Waals surface area contributed by atoms with E-state index in [4.69, 9.17) is 13.9 Å². The molecule has 3 aromatic heterocycles. The fourth-order valence-electron chi connectivity index (χ4n) is 6.26. The van der Waals surface area contributed by atoms with Gasteiger partial charge in [-0.1, -0.05) is 55.3 Å². The van der Waals surface area contributed by atoms with E-state index in [1.165, 1.54) is 5.56 Å². The van der Waals surface area contributed by atoms with E-state index >= 15 is 0 Å². The Morgan fingerprint density at radius 3 is 2.43 bits per heavy atom. The Kier molecular flexibility index (Phi) is 6.16. The van der Waals surface area contributed by atoms with Crippen LogP contribution in [-0.4, -0.2) is 19.3 Å². The first kappa shape index (κ1) is 24.3. The van der Waals surface area contributed by atoms with Crippen molar-refractivity contribution in [3.05, 3.63) is 131 Å². The highest BCUT2D eigenvalue weighted by molar-refractivity contribution is 6.09. The summed E-state index contributed by atoms with van der Waals surface area (Å²) in [6, 6.07) is 32.0. The second-order valence-corrected chi connectivity index (χ2v) is 11.4. The van der Waals surface area contributed by atoms with Gasteiger partial charge in [0.1, 0.15) is 17.3 Å². The molecule has 0 N–H and O–H groups in total.